The van der Waals surface area contributed by atoms with Crippen molar-refractivity contribution in [3.8, 4) is 5.75 Å². The fourth-order valence-electron chi connectivity index (χ4n) is 2.93. The van der Waals surface area contributed by atoms with Crippen molar-refractivity contribution >= 4 is 33.7 Å². The van der Waals surface area contributed by atoms with Crippen LogP contribution in [0.25, 0.3) is 0 Å². The van der Waals surface area contributed by atoms with Crippen LogP contribution in [0.3, 0.4) is 0 Å². The largest absolute Gasteiger partial charge is 0.458 e. The van der Waals surface area contributed by atoms with Crippen molar-refractivity contribution in [1.29, 1.82) is 0 Å². The first-order valence-corrected chi connectivity index (χ1v) is 13.1. The maximum absolute atomic E-state index is 12.9. The molecule has 1 atom stereocenters. The molecule has 0 heterocycles. The predicted octanol–water partition coefficient (Wildman–Crippen LogP) is 4.70. The zero-order valence-electron chi connectivity index (χ0n) is 21.5. The molecule has 36 heavy (non-hydrogen) atoms. The Morgan fingerprint density at radius 2 is 1.53 bits per heavy atom. The fourth-order valence-corrected chi connectivity index (χ4v) is 3.85. The van der Waals surface area contributed by atoms with Gasteiger partial charge < -0.3 is 19.6 Å². The van der Waals surface area contributed by atoms with Crippen molar-refractivity contribution < 1.29 is 32.3 Å². The Balaban J connectivity index is 2.23. The first kappa shape index (κ1) is 29.4. The molecule has 2 rings (SSSR count). The average molecular weight is 541 g/mol. The topological polar surface area (TPSA) is 120 Å². The van der Waals surface area contributed by atoms with Gasteiger partial charge in [0, 0.05) is 11.4 Å². The number of esters is 1. The Morgan fingerprint density at radius 1 is 0.944 bits per heavy atom. The smallest absolute Gasteiger partial charge is 0.408 e. The Hall–Kier alpha value is -2.82. The Bertz CT molecular complexity index is 1180. The van der Waals surface area contributed by atoms with Gasteiger partial charge in [-0.2, -0.15) is 0 Å². The lowest BCUT2D eigenvalue weighted by Gasteiger charge is -2.26. The molecule has 0 aliphatic carbocycles. The predicted molar refractivity (Wildman–Crippen MR) is 136 cm³/mol. The molecule has 0 aliphatic heterocycles. The summed E-state index contributed by atoms with van der Waals surface area (Å²) in [6.45, 7) is 12.1. The molecule has 2 aromatic carbocycles. The summed E-state index contributed by atoms with van der Waals surface area (Å²) in [5, 5.41) is 2.98. The number of rotatable bonds is 8. The van der Waals surface area contributed by atoms with Crippen LogP contribution in [0.2, 0.25) is 5.02 Å². The number of alkyl carbamates (subject to hydrolysis) is 1. The fraction of sp³-hybridized carbons (Fsp3) is 0.440. The molecule has 0 bridgehead atoms. The number of nitrogens with one attached hydrogen (secondary N) is 2. The van der Waals surface area contributed by atoms with Crippen LogP contribution in [0.4, 0.5) is 4.79 Å². The van der Waals surface area contributed by atoms with Crippen molar-refractivity contribution in [2.45, 2.75) is 77.0 Å². The summed E-state index contributed by atoms with van der Waals surface area (Å²) < 4.78 is 35.8. The number of halogens is 1. The van der Waals surface area contributed by atoms with Crippen molar-refractivity contribution in [2.24, 2.45) is 0 Å². The molecule has 9 nitrogen and oxygen atoms in total. The second-order valence-electron chi connectivity index (χ2n) is 10.2. The normalized spacial score (nSPS) is 13.0. The van der Waals surface area contributed by atoms with Gasteiger partial charge in [-0.25, -0.2) is 18.0 Å². The number of carbonyl (C=O) groups is 2. The third-order valence-electron chi connectivity index (χ3n) is 4.52. The van der Waals surface area contributed by atoms with Crippen molar-refractivity contribution in [1.82, 2.24) is 10.2 Å². The second kappa shape index (κ2) is 11.5. The van der Waals surface area contributed by atoms with E-state index in [9.17, 15) is 18.0 Å². The van der Waals surface area contributed by atoms with E-state index in [1.165, 1.54) is 24.3 Å². The minimum absolute atomic E-state index is 0.0224. The lowest BCUT2D eigenvalue weighted by atomic mass is 10.0. The number of ether oxygens (including phenoxy) is 2. The molecule has 1 amide bonds. The molecule has 198 valence electrons. The summed E-state index contributed by atoms with van der Waals surface area (Å²) in [6, 6.07) is 9.41. The van der Waals surface area contributed by atoms with E-state index in [1.807, 2.05) is 6.92 Å². The lowest BCUT2D eigenvalue weighted by molar-refractivity contribution is -0.157. The average Bonchev–Trinajstić information content (AvgIpc) is 2.71. The van der Waals surface area contributed by atoms with E-state index in [0.29, 0.717) is 10.6 Å². The number of sulfonamides is 1. The molecule has 0 spiro atoms. The summed E-state index contributed by atoms with van der Waals surface area (Å²) in [4.78, 5) is 32.6. The van der Waals surface area contributed by atoms with E-state index >= 15 is 0 Å². The SMILES string of the molecule is Cc1ccc(ONS(=O)(=O)c2ccc(Cl)cc2)cc1C[C@H](NC(=O)OC(C)(C)C)C(=O)OC(C)(C)C. The molecule has 0 unspecified atom stereocenters. The van der Waals surface area contributed by atoms with Crippen molar-refractivity contribution in [2.75, 3.05) is 0 Å². The quantitative estimate of drug-likeness (QED) is 0.368. The molecule has 0 aliphatic rings. The van der Waals surface area contributed by atoms with Gasteiger partial charge >= 0.3 is 12.1 Å². The van der Waals surface area contributed by atoms with Crippen LogP contribution in [0.1, 0.15) is 52.7 Å². The van der Waals surface area contributed by atoms with Gasteiger partial charge in [0.25, 0.3) is 10.0 Å². The molecule has 11 heteroatoms. The maximum Gasteiger partial charge on any atom is 0.408 e. The molecule has 0 saturated carbocycles. The highest BCUT2D eigenvalue weighted by atomic mass is 35.5. The zero-order valence-corrected chi connectivity index (χ0v) is 23.0. The van der Waals surface area contributed by atoms with Gasteiger partial charge in [-0.3, -0.25) is 0 Å². The lowest BCUT2D eigenvalue weighted by Crippen LogP contribution is -2.47. The van der Waals surface area contributed by atoms with Gasteiger partial charge in [0.15, 0.2) is 0 Å². The number of hydrogen-bond donors (Lipinski definition) is 2. The molecular weight excluding hydrogens is 508 g/mol. The number of aryl methyl sites for hydroxylation is 1. The van der Waals surface area contributed by atoms with Crippen LogP contribution >= 0.6 is 11.6 Å². The summed E-state index contributed by atoms with van der Waals surface area (Å²) in [6.07, 6.45) is -0.708. The van der Waals surface area contributed by atoms with Gasteiger partial charge in [-0.05, 0) is 101 Å². The van der Waals surface area contributed by atoms with Gasteiger partial charge in [-0.1, -0.05) is 17.7 Å². The molecule has 0 fully saturated rings. The van der Waals surface area contributed by atoms with E-state index in [4.69, 9.17) is 25.9 Å². The molecule has 2 aromatic rings. The van der Waals surface area contributed by atoms with Gasteiger partial charge in [-0.15, -0.1) is 0 Å². The number of hydrogen-bond acceptors (Lipinski definition) is 7. The van der Waals surface area contributed by atoms with Crippen molar-refractivity contribution in [3.05, 3.63) is 58.6 Å². The number of benzene rings is 2. The highest BCUT2D eigenvalue weighted by Gasteiger charge is 2.29. The van der Waals surface area contributed by atoms with Crippen LogP contribution in [0.5, 0.6) is 5.75 Å². The van der Waals surface area contributed by atoms with E-state index in [-0.39, 0.29) is 17.1 Å². The number of carbonyl (C=O) groups excluding carboxylic acids is 2. The summed E-state index contributed by atoms with van der Waals surface area (Å²) >= 11 is 5.82. The summed E-state index contributed by atoms with van der Waals surface area (Å²) in [5.41, 5.74) is -0.106. The highest BCUT2D eigenvalue weighted by Crippen LogP contribution is 2.21. The van der Waals surface area contributed by atoms with E-state index in [1.54, 1.807) is 59.7 Å². The second-order valence-corrected chi connectivity index (χ2v) is 12.2. The van der Waals surface area contributed by atoms with Crippen LogP contribution in [-0.4, -0.2) is 37.7 Å². The zero-order chi connectivity index (χ0) is 27.3. The summed E-state index contributed by atoms with van der Waals surface area (Å²) in [5.74, 6) is -0.448. The molecular formula is C25H33ClN2O7S. The third-order valence-corrected chi connectivity index (χ3v) is 5.97. The van der Waals surface area contributed by atoms with Crippen LogP contribution < -0.4 is 15.0 Å². The Kier molecular flexibility index (Phi) is 9.39. The molecule has 0 aromatic heterocycles. The standard InChI is InChI=1S/C25H33ClN2O7S/c1-16-8-11-19(35-28-36(31,32)20-12-9-18(26)10-13-20)14-17(16)15-21(22(29)33-24(2,3)4)27-23(30)34-25(5,6)7/h8-14,21,28H,15H2,1-7H3,(H,27,30)/t21-/m0/s1. The van der Waals surface area contributed by atoms with Gasteiger partial charge in [0.1, 0.15) is 23.0 Å². The van der Waals surface area contributed by atoms with Gasteiger partial charge in [0.2, 0.25) is 0 Å². The third kappa shape index (κ3) is 9.67. The van der Waals surface area contributed by atoms with Crippen LogP contribution in [-0.2, 0) is 30.7 Å². The minimum atomic E-state index is -3.97. The summed E-state index contributed by atoms with van der Waals surface area (Å²) in [7, 11) is -3.97. The monoisotopic (exact) mass is 540 g/mol. The van der Waals surface area contributed by atoms with E-state index < -0.39 is 39.3 Å². The van der Waals surface area contributed by atoms with Crippen LogP contribution in [0.15, 0.2) is 47.4 Å². The molecule has 2 N–H and O–H groups in total. The van der Waals surface area contributed by atoms with E-state index in [2.05, 4.69) is 10.2 Å². The van der Waals surface area contributed by atoms with Gasteiger partial charge in [0.05, 0.1) is 4.90 Å². The maximum atomic E-state index is 12.9. The Labute approximate surface area is 217 Å². The van der Waals surface area contributed by atoms with Crippen molar-refractivity contribution in [3.63, 3.8) is 0 Å². The van der Waals surface area contributed by atoms with Crippen LogP contribution in [0, 0.1) is 6.92 Å². The highest BCUT2D eigenvalue weighted by molar-refractivity contribution is 7.89. The minimum Gasteiger partial charge on any atom is -0.458 e. The van der Waals surface area contributed by atoms with E-state index in [0.717, 1.165) is 5.56 Å². The Morgan fingerprint density at radius 3 is 2.08 bits per heavy atom. The number of amides is 1. The molecule has 0 radical (unpaired) electrons. The first-order chi connectivity index (χ1) is 16.4. The first-order valence-electron chi connectivity index (χ1n) is 11.2. The molecule has 0 saturated heterocycles.